The summed E-state index contributed by atoms with van der Waals surface area (Å²) in [5.41, 5.74) is 2.91. The third kappa shape index (κ3) is 4.19. The molecule has 0 unspecified atom stereocenters. The van der Waals surface area contributed by atoms with Crippen LogP contribution in [0.25, 0.3) is 5.57 Å². The number of hydrogen-bond donors (Lipinski definition) is 3. The summed E-state index contributed by atoms with van der Waals surface area (Å²) in [7, 11) is 0. The van der Waals surface area contributed by atoms with Gasteiger partial charge in [-0.1, -0.05) is 31.8 Å². The van der Waals surface area contributed by atoms with Gasteiger partial charge < -0.3 is 16.0 Å². The van der Waals surface area contributed by atoms with Gasteiger partial charge >= 0.3 is 0 Å². The highest BCUT2D eigenvalue weighted by molar-refractivity contribution is 5.81. The van der Waals surface area contributed by atoms with Crippen molar-refractivity contribution >= 4 is 11.5 Å². The van der Waals surface area contributed by atoms with Crippen molar-refractivity contribution in [2.24, 2.45) is 0 Å². The first-order chi connectivity index (χ1) is 13.7. The minimum absolute atomic E-state index is 0.437. The molecule has 1 aromatic rings. The molecule has 0 spiro atoms. The average molecular weight is 377 g/mol. The van der Waals surface area contributed by atoms with E-state index in [2.05, 4.69) is 27.0 Å². The molecule has 146 valence electrons. The third-order valence-corrected chi connectivity index (χ3v) is 5.79. The Morgan fingerprint density at radius 1 is 1.11 bits per heavy atom. The van der Waals surface area contributed by atoms with Crippen LogP contribution in [0, 0.1) is 18.3 Å². The summed E-state index contributed by atoms with van der Waals surface area (Å²) < 4.78 is 0. The summed E-state index contributed by atoms with van der Waals surface area (Å²) >= 11 is 0. The molecule has 0 amide bonds. The van der Waals surface area contributed by atoms with Gasteiger partial charge in [0, 0.05) is 18.3 Å². The second-order valence-corrected chi connectivity index (χ2v) is 7.94. The minimum Gasteiger partial charge on any atom is -0.369 e. The van der Waals surface area contributed by atoms with Crippen molar-refractivity contribution in [2.75, 3.05) is 5.32 Å². The van der Waals surface area contributed by atoms with Gasteiger partial charge in [0.15, 0.2) is 0 Å². The molecule has 0 bridgehead atoms. The van der Waals surface area contributed by atoms with E-state index in [1.807, 2.05) is 25.2 Å². The Labute approximate surface area is 166 Å². The number of nitrogens with zero attached hydrogens (tertiary/aromatic N) is 3. The largest absolute Gasteiger partial charge is 0.369 e. The normalized spacial score (nSPS) is 21.8. The first kappa shape index (κ1) is 18.5. The molecule has 4 rings (SSSR count). The Balaban J connectivity index is 1.56. The fraction of sp³-hybridized carbons (Fsp3) is 0.500. The number of nitrogens with one attached hydrogen (secondary N) is 3. The lowest BCUT2D eigenvalue weighted by Gasteiger charge is -2.22. The van der Waals surface area contributed by atoms with Crippen LogP contribution < -0.4 is 16.0 Å². The van der Waals surface area contributed by atoms with Crippen LogP contribution >= 0.6 is 0 Å². The van der Waals surface area contributed by atoms with E-state index in [4.69, 9.17) is 4.98 Å². The highest BCUT2D eigenvalue weighted by Gasteiger charge is 2.20. The summed E-state index contributed by atoms with van der Waals surface area (Å²) in [5.74, 6) is 1.56. The number of rotatable bonds is 5. The molecule has 0 saturated heterocycles. The van der Waals surface area contributed by atoms with E-state index in [0.29, 0.717) is 29.3 Å². The van der Waals surface area contributed by atoms with Gasteiger partial charge in [0.1, 0.15) is 17.5 Å². The zero-order valence-corrected chi connectivity index (χ0v) is 16.5. The third-order valence-electron chi connectivity index (χ3n) is 5.79. The zero-order valence-electron chi connectivity index (χ0n) is 16.5. The summed E-state index contributed by atoms with van der Waals surface area (Å²) in [6.07, 6.45) is 17.5. The van der Waals surface area contributed by atoms with Gasteiger partial charge in [-0.25, -0.2) is 9.97 Å². The molecule has 3 aliphatic rings. The predicted octanol–water partition coefficient (Wildman–Crippen LogP) is 3.91. The number of aromatic nitrogens is 2. The maximum atomic E-state index is 9.90. The predicted molar refractivity (Wildman–Crippen MR) is 111 cm³/mol. The molecule has 1 aliphatic heterocycles. The molecule has 6 heteroatoms. The molecule has 2 fully saturated rings. The van der Waals surface area contributed by atoms with Crippen LogP contribution in [0.1, 0.15) is 62.6 Å². The molecule has 3 N–H and O–H groups in total. The number of nitriles is 1. The van der Waals surface area contributed by atoms with Crippen LogP contribution in [0.5, 0.6) is 0 Å². The molecular formula is C22H28N6. The Morgan fingerprint density at radius 2 is 1.79 bits per heavy atom. The second-order valence-electron chi connectivity index (χ2n) is 7.94. The van der Waals surface area contributed by atoms with Gasteiger partial charge in [-0.15, -0.1) is 0 Å². The van der Waals surface area contributed by atoms with Crippen molar-refractivity contribution in [1.29, 1.82) is 5.26 Å². The van der Waals surface area contributed by atoms with Gasteiger partial charge in [-0.3, -0.25) is 0 Å². The van der Waals surface area contributed by atoms with Crippen LogP contribution in [0.2, 0.25) is 0 Å². The van der Waals surface area contributed by atoms with Gasteiger partial charge in [0.25, 0.3) is 0 Å². The summed E-state index contributed by atoms with van der Waals surface area (Å²) in [4.78, 5) is 9.13. The molecule has 0 radical (unpaired) electrons. The number of aryl methyl sites for hydroxylation is 1. The number of anilines is 1. The van der Waals surface area contributed by atoms with Crippen LogP contribution in [-0.2, 0) is 0 Å². The number of dihydropyridines is 1. The summed E-state index contributed by atoms with van der Waals surface area (Å²) in [6.45, 7) is 1.95. The minimum atomic E-state index is 0.437. The topological polar surface area (TPSA) is 85.7 Å². The standard InChI is InChI=1S/C22H28N6/c1-15-14-24-22(26-17-9-4-5-10-17)28-21(15)18(13-23)19-11-6-12-20(27-19)25-16-7-2-3-8-16/h6,11-12,14,16-17,25,27H,2-5,7-10H2,1H3,(H,24,26,28). The molecule has 2 heterocycles. The molecule has 2 aliphatic carbocycles. The molecule has 6 nitrogen and oxygen atoms in total. The smallest absolute Gasteiger partial charge is 0.223 e. The molecule has 0 atom stereocenters. The Hall–Kier alpha value is -2.81. The zero-order chi connectivity index (χ0) is 19.3. The van der Waals surface area contributed by atoms with E-state index in [1.54, 1.807) is 6.20 Å². The highest BCUT2D eigenvalue weighted by atomic mass is 15.1. The van der Waals surface area contributed by atoms with Crippen molar-refractivity contribution in [3.05, 3.63) is 47.2 Å². The van der Waals surface area contributed by atoms with Crippen LogP contribution in [0.4, 0.5) is 5.95 Å². The lowest BCUT2D eigenvalue weighted by atomic mass is 10.1. The summed E-state index contributed by atoms with van der Waals surface area (Å²) in [6, 6.07) is 3.31. The van der Waals surface area contributed by atoms with E-state index in [-0.39, 0.29) is 0 Å². The molecule has 28 heavy (non-hydrogen) atoms. The van der Waals surface area contributed by atoms with E-state index >= 15 is 0 Å². The van der Waals surface area contributed by atoms with Gasteiger partial charge in [-0.05, 0) is 50.3 Å². The Bertz CT molecular complexity index is 848. The van der Waals surface area contributed by atoms with Crippen molar-refractivity contribution < 1.29 is 0 Å². The van der Waals surface area contributed by atoms with Crippen LogP contribution in [0.15, 0.2) is 35.9 Å². The SMILES string of the molecule is Cc1cnc(NC2CCCC2)nc1C(C#N)=C1C=CC=C(NC2CCCC2)N1. The average Bonchev–Trinajstić information content (AvgIpc) is 3.39. The lowest BCUT2D eigenvalue weighted by Crippen LogP contribution is -2.33. The maximum Gasteiger partial charge on any atom is 0.223 e. The number of hydrogen-bond acceptors (Lipinski definition) is 6. The van der Waals surface area contributed by atoms with Crippen molar-refractivity contribution in [2.45, 2.75) is 70.4 Å². The van der Waals surface area contributed by atoms with Crippen molar-refractivity contribution in [3.8, 4) is 6.07 Å². The second kappa shape index (κ2) is 8.47. The van der Waals surface area contributed by atoms with Crippen molar-refractivity contribution in [1.82, 2.24) is 20.6 Å². The Kier molecular flexibility index (Phi) is 5.61. The maximum absolute atomic E-state index is 9.90. The van der Waals surface area contributed by atoms with Gasteiger partial charge in [0.2, 0.25) is 5.95 Å². The van der Waals surface area contributed by atoms with Crippen molar-refractivity contribution in [3.63, 3.8) is 0 Å². The van der Waals surface area contributed by atoms with Gasteiger partial charge in [-0.2, -0.15) is 5.26 Å². The molecular weight excluding hydrogens is 348 g/mol. The highest BCUT2D eigenvalue weighted by Crippen LogP contribution is 2.25. The lowest BCUT2D eigenvalue weighted by molar-refractivity contribution is 0.563. The van der Waals surface area contributed by atoms with E-state index < -0.39 is 0 Å². The Morgan fingerprint density at radius 3 is 2.46 bits per heavy atom. The molecule has 1 aromatic heterocycles. The quantitative estimate of drug-likeness (QED) is 0.676. The first-order valence-electron chi connectivity index (χ1n) is 10.4. The number of allylic oxidation sites excluding steroid dienone is 4. The fourth-order valence-electron chi connectivity index (χ4n) is 4.25. The van der Waals surface area contributed by atoms with E-state index in [9.17, 15) is 5.26 Å². The fourth-order valence-corrected chi connectivity index (χ4v) is 4.25. The first-order valence-corrected chi connectivity index (χ1v) is 10.4. The van der Waals surface area contributed by atoms with Crippen LogP contribution in [-0.4, -0.2) is 22.1 Å². The van der Waals surface area contributed by atoms with Crippen LogP contribution in [0.3, 0.4) is 0 Å². The monoisotopic (exact) mass is 376 g/mol. The summed E-state index contributed by atoms with van der Waals surface area (Å²) in [5, 5.41) is 20.3. The molecule has 0 aromatic carbocycles. The molecule has 2 saturated carbocycles. The van der Waals surface area contributed by atoms with E-state index in [1.165, 1.54) is 38.5 Å². The van der Waals surface area contributed by atoms with E-state index in [0.717, 1.165) is 29.9 Å². The van der Waals surface area contributed by atoms with Gasteiger partial charge in [0.05, 0.1) is 11.4 Å².